The molecule has 2 aliphatic rings. The molecule has 28 heavy (non-hydrogen) atoms. The molecule has 1 amide bonds. The summed E-state index contributed by atoms with van der Waals surface area (Å²) in [5, 5.41) is 14.0. The van der Waals surface area contributed by atoms with Crippen molar-refractivity contribution < 1.29 is 19.2 Å². The van der Waals surface area contributed by atoms with Crippen molar-refractivity contribution in [3.05, 3.63) is 33.9 Å². The van der Waals surface area contributed by atoms with Crippen LogP contribution in [0.25, 0.3) is 0 Å². The highest BCUT2D eigenvalue weighted by Crippen LogP contribution is 2.32. The fourth-order valence-electron chi connectivity index (χ4n) is 3.54. The lowest BCUT2D eigenvalue weighted by Gasteiger charge is -2.33. The standard InChI is InChI=1S/C20H27N3O5/c1-13-7-9-22(10-8-13)18-6-5-16(23(26)27)11-17(18)20(25)28-12-19(24)21-14(2)15-3-4-15/h5-6,11,13-15H,3-4,7-10,12H2,1-2H3,(H,21,24)/t14-/m0/s1. The van der Waals surface area contributed by atoms with Gasteiger partial charge >= 0.3 is 5.97 Å². The minimum Gasteiger partial charge on any atom is -0.452 e. The van der Waals surface area contributed by atoms with Crippen molar-refractivity contribution >= 4 is 23.3 Å². The minimum absolute atomic E-state index is 0.0647. The Morgan fingerprint density at radius 2 is 1.96 bits per heavy atom. The Bertz CT molecular complexity index is 754. The summed E-state index contributed by atoms with van der Waals surface area (Å²) in [5.74, 6) is 0.0458. The van der Waals surface area contributed by atoms with Crippen molar-refractivity contribution in [1.29, 1.82) is 0 Å². The second-order valence-corrected chi connectivity index (χ2v) is 7.90. The lowest BCUT2D eigenvalue weighted by Crippen LogP contribution is -2.37. The quantitative estimate of drug-likeness (QED) is 0.437. The molecular formula is C20H27N3O5. The van der Waals surface area contributed by atoms with E-state index in [1.807, 2.05) is 6.92 Å². The number of anilines is 1. The molecule has 1 saturated carbocycles. The first-order valence-corrected chi connectivity index (χ1v) is 9.85. The number of nitro groups is 1. The third kappa shape index (κ3) is 4.99. The molecule has 1 aliphatic carbocycles. The Morgan fingerprint density at radius 3 is 2.57 bits per heavy atom. The van der Waals surface area contributed by atoms with Gasteiger partial charge in [-0.25, -0.2) is 4.79 Å². The molecule has 0 radical (unpaired) electrons. The van der Waals surface area contributed by atoms with E-state index in [2.05, 4.69) is 17.1 Å². The molecule has 1 heterocycles. The zero-order valence-corrected chi connectivity index (χ0v) is 16.3. The van der Waals surface area contributed by atoms with Gasteiger partial charge in [0.1, 0.15) is 0 Å². The normalized spacial score (nSPS) is 18.4. The van der Waals surface area contributed by atoms with Crippen LogP contribution in [0.5, 0.6) is 0 Å². The van der Waals surface area contributed by atoms with Gasteiger partial charge in [-0.05, 0) is 50.5 Å². The van der Waals surface area contributed by atoms with E-state index in [0.29, 0.717) is 17.5 Å². The number of nitro benzene ring substituents is 1. The Morgan fingerprint density at radius 1 is 1.29 bits per heavy atom. The molecule has 2 fully saturated rings. The van der Waals surface area contributed by atoms with E-state index in [0.717, 1.165) is 38.8 Å². The van der Waals surface area contributed by atoms with E-state index < -0.39 is 17.5 Å². The second kappa shape index (κ2) is 8.58. The lowest BCUT2D eigenvalue weighted by atomic mass is 9.98. The predicted octanol–water partition coefficient (Wildman–Crippen LogP) is 2.90. The van der Waals surface area contributed by atoms with Crippen molar-refractivity contribution in [3.63, 3.8) is 0 Å². The third-order valence-electron chi connectivity index (χ3n) is 5.59. The molecule has 1 saturated heterocycles. The predicted molar refractivity (Wildman–Crippen MR) is 104 cm³/mol. The second-order valence-electron chi connectivity index (χ2n) is 7.90. The van der Waals surface area contributed by atoms with Crippen LogP contribution in [0.15, 0.2) is 18.2 Å². The number of hydrogen-bond acceptors (Lipinski definition) is 6. The molecule has 0 spiro atoms. The lowest BCUT2D eigenvalue weighted by molar-refractivity contribution is -0.384. The Kier molecular flexibility index (Phi) is 6.16. The van der Waals surface area contributed by atoms with E-state index in [1.165, 1.54) is 12.1 Å². The maximum Gasteiger partial charge on any atom is 0.341 e. The topological polar surface area (TPSA) is 102 Å². The summed E-state index contributed by atoms with van der Waals surface area (Å²) in [4.78, 5) is 37.3. The van der Waals surface area contributed by atoms with Crippen molar-refractivity contribution in [3.8, 4) is 0 Å². The molecule has 1 aromatic rings. The van der Waals surface area contributed by atoms with Gasteiger partial charge in [-0.2, -0.15) is 0 Å². The van der Waals surface area contributed by atoms with Crippen LogP contribution in [0.4, 0.5) is 11.4 Å². The van der Waals surface area contributed by atoms with E-state index >= 15 is 0 Å². The summed E-state index contributed by atoms with van der Waals surface area (Å²) in [6.07, 6.45) is 4.19. The van der Waals surface area contributed by atoms with E-state index in [4.69, 9.17) is 4.74 Å². The molecule has 152 valence electrons. The zero-order chi connectivity index (χ0) is 20.3. The average molecular weight is 389 g/mol. The van der Waals surface area contributed by atoms with Gasteiger partial charge in [-0.1, -0.05) is 6.92 Å². The highest BCUT2D eigenvalue weighted by Gasteiger charge is 2.29. The summed E-state index contributed by atoms with van der Waals surface area (Å²) in [6.45, 7) is 5.28. The number of rotatable bonds is 7. The van der Waals surface area contributed by atoms with Gasteiger partial charge in [-0.15, -0.1) is 0 Å². The average Bonchev–Trinajstić information content (AvgIpc) is 3.51. The maximum atomic E-state index is 12.6. The molecule has 1 aromatic carbocycles. The number of amides is 1. The van der Waals surface area contributed by atoms with Gasteiger partial charge in [-0.3, -0.25) is 14.9 Å². The smallest absolute Gasteiger partial charge is 0.341 e. The zero-order valence-electron chi connectivity index (χ0n) is 16.3. The summed E-state index contributed by atoms with van der Waals surface area (Å²) in [5.41, 5.74) is 0.578. The molecular weight excluding hydrogens is 362 g/mol. The number of carbonyl (C=O) groups is 2. The fraction of sp³-hybridized carbons (Fsp3) is 0.600. The molecule has 0 unspecified atom stereocenters. The van der Waals surface area contributed by atoms with Gasteiger partial charge in [0.05, 0.1) is 16.2 Å². The number of ether oxygens (including phenoxy) is 1. The van der Waals surface area contributed by atoms with Crippen LogP contribution in [0.1, 0.15) is 49.9 Å². The van der Waals surface area contributed by atoms with Gasteiger partial charge in [0.25, 0.3) is 11.6 Å². The number of carbonyl (C=O) groups excluding carboxylic acids is 2. The van der Waals surface area contributed by atoms with Gasteiger partial charge < -0.3 is 15.0 Å². The number of benzene rings is 1. The molecule has 3 rings (SSSR count). The highest BCUT2D eigenvalue weighted by molar-refractivity contribution is 5.97. The van der Waals surface area contributed by atoms with Crippen LogP contribution in [0.2, 0.25) is 0 Å². The Hall–Kier alpha value is -2.64. The van der Waals surface area contributed by atoms with Crippen molar-refractivity contribution in [2.24, 2.45) is 11.8 Å². The summed E-state index contributed by atoms with van der Waals surface area (Å²) in [7, 11) is 0. The van der Waals surface area contributed by atoms with Crippen molar-refractivity contribution in [2.75, 3.05) is 24.6 Å². The first-order chi connectivity index (χ1) is 13.3. The van der Waals surface area contributed by atoms with Crippen LogP contribution >= 0.6 is 0 Å². The van der Waals surface area contributed by atoms with Gasteiger partial charge in [0.2, 0.25) is 0 Å². The molecule has 1 atom stereocenters. The van der Waals surface area contributed by atoms with Gasteiger partial charge in [0.15, 0.2) is 6.61 Å². The van der Waals surface area contributed by atoms with Crippen molar-refractivity contribution in [2.45, 2.75) is 45.6 Å². The largest absolute Gasteiger partial charge is 0.452 e. The number of non-ortho nitro benzene ring substituents is 1. The minimum atomic E-state index is -0.716. The summed E-state index contributed by atoms with van der Waals surface area (Å²) >= 11 is 0. The van der Waals surface area contributed by atoms with Crippen LogP contribution in [0.3, 0.4) is 0 Å². The number of nitrogens with one attached hydrogen (secondary N) is 1. The number of nitrogens with zero attached hydrogens (tertiary/aromatic N) is 2. The van der Waals surface area contributed by atoms with Crippen LogP contribution in [0, 0.1) is 22.0 Å². The van der Waals surface area contributed by atoms with E-state index in [-0.39, 0.29) is 23.2 Å². The molecule has 1 N–H and O–H groups in total. The van der Waals surface area contributed by atoms with Crippen LogP contribution in [-0.2, 0) is 9.53 Å². The molecule has 0 aromatic heterocycles. The van der Waals surface area contributed by atoms with E-state index in [1.54, 1.807) is 6.07 Å². The number of esters is 1. The van der Waals surface area contributed by atoms with Crippen LogP contribution in [-0.4, -0.2) is 42.5 Å². The maximum absolute atomic E-state index is 12.6. The SMILES string of the molecule is CC1CCN(c2ccc([N+](=O)[O-])cc2C(=O)OCC(=O)N[C@@H](C)C2CC2)CC1. The Balaban J connectivity index is 1.70. The van der Waals surface area contributed by atoms with Gasteiger partial charge in [0, 0.05) is 31.3 Å². The summed E-state index contributed by atoms with van der Waals surface area (Å²) < 4.78 is 5.18. The molecule has 8 nitrogen and oxygen atoms in total. The fourth-order valence-corrected chi connectivity index (χ4v) is 3.54. The first-order valence-electron chi connectivity index (χ1n) is 9.85. The first kappa shape index (κ1) is 20.1. The molecule has 8 heteroatoms. The number of piperidine rings is 1. The van der Waals surface area contributed by atoms with E-state index in [9.17, 15) is 19.7 Å². The van der Waals surface area contributed by atoms with Crippen LogP contribution < -0.4 is 10.2 Å². The monoisotopic (exact) mass is 389 g/mol. The molecule has 1 aliphatic heterocycles. The summed E-state index contributed by atoms with van der Waals surface area (Å²) in [6, 6.07) is 4.30. The van der Waals surface area contributed by atoms with Crippen molar-refractivity contribution in [1.82, 2.24) is 5.32 Å². The molecule has 0 bridgehead atoms. The highest BCUT2D eigenvalue weighted by atomic mass is 16.6. The Labute approximate surface area is 164 Å². The number of hydrogen-bond donors (Lipinski definition) is 1. The third-order valence-corrected chi connectivity index (χ3v) is 5.59.